The van der Waals surface area contributed by atoms with Gasteiger partial charge in [0.2, 0.25) is 0 Å². The van der Waals surface area contributed by atoms with E-state index in [1.165, 1.54) is 0 Å². The molecule has 0 aliphatic rings. The van der Waals surface area contributed by atoms with Crippen LogP contribution in [0.4, 0.5) is 0 Å². The number of hydrogen-bond acceptors (Lipinski definition) is 3. The van der Waals surface area contributed by atoms with Gasteiger partial charge < -0.3 is 0 Å². The van der Waals surface area contributed by atoms with E-state index in [1.54, 1.807) is 9.36 Å². The molecule has 2 rings (SSSR count). The summed E-state index contributed by atoms with van der Waals surface area (Å²) in [5.74, 6) is 0. The van der Waals surface area contributed by atoms with Crippen LogP contribution in [0.5, 0.6) is 0 Å². The molecule has 1 atom stereocenters. The first-order valence-electron chi connectivity index (χ1n) is 5.21. The zero-order chi connectivity index (χ0) is 12.6. The van der Waals surface area contributed by atoms with Gasteiger partial charge in [0.05, 0.1) is 22.8 Å². The van der Waals surface area contributed by atoms with Crippen LogP contribution in [0, 0.1) is 6.92 Å². The van der Waals surface area contributed by atoms with Crippen LogP contribution >= 0.6 is 27.5 Å². The smallest absolute Gasteiger partial charge is 0.132 e. The van der Waals surface area contributed by atoms with Crippen LogP contribution < -0.4 is 0 Å². The van der Waals surface area contributed by atoms with Crippen LogP contribution in [0.3, 0.4) is 0 Å². The molecular weight excluding hydrogens is 306 g/mol. The van der Waals surface area contributed by atoms with E-state index in [1.807, 2.05) is 27.1 Å². The lowest BCUT2D eigenvalue weighted by molar-refractivity contribution is 0.647. The topological polar surface area (TPSA) is 48.5 Å². The average Bonchev–Trinajstić information content (AvgIpc) is 2.80. The largest absolute Gasteiger partial charge is 0.256 e. The number of nitrogens with zero attached hydrogens (tertiary/aromatic N) is 5. The summed E-state index contributed by atoms with van der Waals surface area (Å²) < 4.78 is 3.43. The number of aryl methyl sites for hydroxylation is 2. The normalized spacial score (nSPS) is 13.0. The molecule has 0 N–H and O–H groups in total. The molecule has 0 aromatic carbocycles. The molecule has 0 aliphatic heterocycles. The summed E-state index contributed by atoms with van der Waals surface area (Å²) in [5.41, 5.74) is 2.80. The van der Waals surface area contributed by atoms with Crippen LogP contribution in [0.1, 0.15) is 28.7 Å². The van der Waals surface area contributed by atoms with Crippen LogP contribution in [0.25, 0.3) is 0 Å². The van der Waals surface area contributed by atoms with Crippen molar-refractivity contribution in [3.8, 4) is 0 Å². The molecule has 0 fully saturated rings. The van der Waals surface area contributed by atoms with Crippen molar-refractivity contribution in [2.45, 2.75) is 25.2 Å². The highest BCUT2D eigenvalue weighted by Gasteiger charge is 2.13. The second-order valence-corrected chi connectivity index (χ2v) is 5.67. The molecule has 5 nitrogen and oxygen atoms in total. The highest BCUT2D eigenvalue weighted by Crippen LogP contribution is 2.21. The van der Waals surface area contributed by atoms with Crippen molar-refractivity contribution in [3.05, 3.63) is 28.3 Å². The van der Waals surface area contributed by atoms with E-state index >= 15 is 0 Å². The standard InChI is InChI=1S/C10H13BrClN5/c1-6(11)9-5-17(15-13-9)4-8-7(2)14-16(3)10(8)12/h5-6H,4H2,1-3H3. The third kappa shape index (κ3) is 2.52. The molecule has 0 saturated carbocycles. The van der Waals surface area contributed by atoms with E-state index in [9.17, 15) is 0 Å². The van der Waals surface area contributed by atoms with Crippen molar-refractivity contribution in [1.29, 1.82) is 0 Å². The predicted molar refractivity (Wildman–Crippen MR) is 69.4 cm³/mol. The Balaban J connectivity index is 2.25. The van der Waals surface area contributed by atoms with E-state index in [4.69, 9.17) is 11.6 Å². The zero-order valence-electron chi connectivity index (χ0n) is 9.85. The van der Waals surface area contributed by atoms with E-state index < -0.39 is 0 Å². The number of halogens is 2. The third-order valence-electron chi connectivity index (χ3n) is 2.55. The fraction of sp³-hybridized carbons (Fsp3) is 0.500. The molecule has 0 bridgehead atoms. The number of aromatic nitrogens is 5. The molecule has 0 amide bonds. The number of alkyl halides is 1. The van der Waals surface area contributed by atoms with Gasteiger partial charge in [0.25, 0.3) is 0 Å². The minimum atomic E-state index is 0.196. The van der Waals surface area contributed by atoms with Crippen LogP contribution in [-0.4, -0.2) is 24.8 Å². The Morgan fingerprint density at radius 2 is 2.24 bits per heavy atom. The highest BCUT2D eigenvalue weighted by molar-refractivity contribution is 9.09. The molecule has 0 saturated heterocycles. The Bertz CT molecular complexity index is 531. The first-order valence-corrected chi connectivity index (χ1v) is 6.50. The molecule has 92 valence electrons. The zero-order valence-corrected chi connectivity index (χ0v) is 12.2. The van der Waals surface area contributed by atoms with Gasteiger partial charge in [0.1, 0.15) is 5.15 Å². The first kappa shape index (κ1) is 12.6. The van der Waals surface area contributed by atoms with Gasteiger partial charge in [0.15, 0.2) is 0 Å². The molecule has 1 unspecified atom stereocenters. The number of hydrogen-bond donors (Lipinski definition) is 0. The van der Waals surface area contributed by atoms with Crippen LogP contribution in [0.2, 0.25) is 5.15 Å². The van der Waals surface area contributed by atoms with Crippen LogP contribution in [-0.2, 0) is 13.6 Å². The Hall–Kier alpha value is -0.880. The average molecular weight is 319 g/mol. The van der Waals surface area contributed by atoms with Gasteiger partial charge in [-0.2, -0.15) is 5.10 Å². The molecule has 2 aromatic rings. The summed E-state index contributed by atoms with van der Waals surface area (Å²) in [6.07, 6.45) is 1.90. The molecule has 17 heavy (non-hydrogen) atoms. The second kappa shape index (κ2) is 4.78. The van der Waals surface area contributed by atoms with Gasteiger partial charge >= 0.3 is 0 Å². The molecule has 0 radical (unpaired) electrons. The molecule has 7 heteroatoms. The molecule has 0 aliphatic carbocycles. The maximum Gasteiger partial charge on any atom is 0.132 e. The first-order chi connectivity index (χ1) is 7.99. The number of rotatable bonds is 3. The van der Waals surface area contributed by atoms with Gasteiger partial charge in [0, 0.05) is 18.8 Å². The maximum atomic E-state index is 6.16. The van der Waals surface area contributed by atoms with Crippen molar-refractivity contribution in [2.75, 3.05) is 0 Å². The fourth-order valence-electron chi connectivity index (χ4n) is 1.59. The molecule has 2 heterocycles. The van der Waals surface area contributed by atoms with Crippen molar-refractivity contribution in [2.24, 2.45) is 7.05 Å². The van der Waals surface area contributed by atoms with E-state index in [2.05, 4.69) is 31.3 Å². The fourth-order valence-corrected chi connectivity index (χ4v) is 2.03. The van der Waals surface area contributed by atoms with Gasteiger partial charge in [-0.05, 0) is 13.8 Å². The predicted octanol–water partition coefficient (Wildman–Crippen LogP) is 2.48. The highest BCUT2D eigenvalue weighted by atomic mass is 79.9. The molecular formula is C10H13BrClN5. The summed E-state index contributed by atoms with van der Waals surface area (Å²) in [4.78, 5) is 0.196. The van der Waals surface area contributed by atoms with Gasteiger partial charge in [-0.15, -0.1) is 5.10 Å². The van der Waals surface area contributed by atoms with E-state index in [-0.39, 0.29) is 4.83 Å². The summed E-state index contributed by atoms with van der Waals surface area (Å²) in [5, 5.41) is 13.0. The quantitative estimate of drug-likeness (QED) is 0.817. The van der Waals surface area contributed by atoms with Gasteiger partial charge in [-0.3, -0.25) is 4.68 Å². The lowest BCUT2D eigenvalue weighted by Gasteiger charge is -2.00. The SMILES string of the molecule is Cc1nn(C)c(Cl)c1Cn1cc(C(C)Br)nn1. The lowest BCUT2D eigenvalue weighted by atomic mass is 10.2. The Morgan fingerprint density at radius 1 is 1.53 bits per heavy atom. The second-order valence-electron chi connectivity index (χ2n) is 3.94. The van der Waals surface area contributed by atoms with Gasteiger partial charge in [-0.1, -0.05) is 32.7 Å². The van der Waals surface area contributed by atoms with Crippen molar-refractivity contribution in [1.82, 2.24) is 24.8 Å². The summed E-state index contributed by atoms with van der Waals surface area (Å²) in [6, 6.07) is 0. The van der Waals surface area contributed by atoms with E-state index in [0.29, 0.717) is 11.7 Å². The Kier molecular flexibility index (Phi) is 3.53. The summed E-state index contributed by atoms with van der Waals surface area (Å²) in [6.45, 7) is 4.54. The van der Waals surface area contributed by atoms with Crippen molar-refractivity contribution >= 4 is 27.5 Å². The van der Waals surface area contributed by atoms with Crippen molar-refractivity contribution in [3.63, 3.8) is 0 Å². The Morgan fingerprint density at radius 3 is 2.71 bits per heavy atom. The van der Waals surface area contributed by atoms with E-state index in [0.717, 1.165) is 17.0 Å². The minimum absolute atomic E-state index is 0.196. The summed E-state index contributed by atoms with van der Waals surface area (Å²) in [7, 11) is 1.83. The van der Waals surface area contributed by atoms with Crippen LogP contribution in [0.15, 0.2) is 6.20 Å². The van der Waals surface area contributed by atoms with Gasteiger partial charge in [-0.25, -0.2) is 4.68 Å². The monoisotopic (exact) mass is 317 g/mol. The minimum Gasteiger partial charge on any atom is -0.256 e. The summed E-state index contributed by atoms with van der Waals surface area (Å²) >= 11 is 9.62. The lowest BCUT2D eigenvalue weighted by Crippen LogP contribution is -2.01. The maximum absolute atomic E-state index is 6.16. The molecule has 0 spiro atoms. The molecule has 2 aromatic heterocycles. The van der Waals surface area contributed by atoms with Crippen molar-refractivity contribution < 1.29 is 0 Å². The third-order valence-corrected chi connectivity index (χ3v) is 3.50. The Labute approximate surface area is 113 Å².